The average Bonchev–Trinajstić information content (AvgIpc) is 2.78. The molecule has 0 radical (unpaired) electrons. The number of hydrogen-bond donors (Lipinski definition) is 1. The molecule has 1 aliphatic rings. The number of rotatable bonds is 3. The van der Waals surface area contributed by atoms with Crippen molar-refractivity contribution in [3.05, 3.63) is 16.1 Å². The van der Waals surface area contributed by atoms with E-state index in [9.17, 15) is 5.11 Å². The zero-order valence-electron chi connectivity index (χ0n) is 11.0. The smallest absolute Gasteiger partial charge is 0.0960 e. The summed E-state index contributed by atoms with van der Waals surface area (Å²) in [6.07, 6.45) is 4.80. The van der Waals surface area contributed by atoms with Crippen molar-refractivity contribution in [2.75, 3.05) is 0 Å². The molecule has 1 N–H and O–H groups in total. The molecule has 0 aromatic carbocycles. The van der Waals surface area contributed by atoms with Gasteiger partial charge < -0.3 is 5.11 Å². The minimum absolute atomic E-state index is 0.424. The summed E-state index contributed by atoms with van der Waals surface area (Å²) in [5.74, 6) is 2.37. The zero-order chi connectivity index (χ0) is 12.4. The SMILES string of the molecule is CC(O)c1csc(C2CCC(C(C)C)CC2)n1. The van der Waals surface area contributed by atoms with E-state index in [2.05, 4.69) is 18.8 Å². The first kappa shape index (κ1) is 13.0. The fraction of sp³-hybridized carbons (Fsp3) is 0.786. The van der Waals surface area contributed by atoms with Crippen LogP contribution in [-0.4, -0.2) is 10.1 Å². The van der Waals surface area contributed by atoms with Gasteiger partial charge in [-0.1, -0.05) is 13.8 Å². The van der Waals surface area contributed by atoms with E-state index in [1.807, 2.05) is 5.38 Å². The highest BCUT2D eigenvalue weighted by Crippen LogP contribution is 2.39. The number of hydrogen-bond acceptors (Lipinski definition) is 3. The van der Waals surface area contributed by atoms with Crippen molar-refractivity contribution < 1.29 is 5.11 Å². The summed E-state index contributed by atoms with van der Waals surface area (Å²) in [7, 11) is 0. The molecule has 1 fully saturated rings. The first-order valence-corrected chi connectivity index (χ1v) is 7.59. The first-order chi connectivity index (χ1) is 8.08. The Morgan fingerprint density at radius 1 is 1.24 bits per heavy atom. The van der Waals surface area contributed by atoms with Crippen LogP contribution in [0.3, 0.4) is 0 Å². The number of aliphatic hydroxyl groups excluding tert-OH is 1. The topological polar surface area (TPSA) is 33.1 Å². The molecule has 2 nitrogen and oxygen atoms in total. The predicted molar refractivity (Wildman–Crippen MR) is 72.3 cm³/mol. The van der Waals surface area contributed by atoms with E-state index in [1.54, 1.807) is 18.3 Å². The van der Waals surface area contributed by atoms with Crippen LogP contribution in [-0.2, 0) is 0 Å². The molecule has 0 amide bonds. The summed E-state index contributed by atoms with van der Waals surface area (Å²) >= 11 is 1.72. The van der Waals surface area contributed by atoms with Crippen LogP contribution in [0.4, 0.5) is 0 Å². The van der Waals surface area contributed by atoms with Gasteiger partial charge in [0.05, 0.1) is 16.8 Å². The molecule has 0 bridgehead atoms. The van der Waals surface area contributed by atoms with Crippen LogP contribution < -0.4 is 0 Å². The van der Waals surface area contributed by atoms with Gasteiger partial charge in [0, 0.05) is 11.3 Å². The second kappa shape index (κ2) is 5.49. The average molecular weight is 253 g/mol. The molecule has 1 unspecified atom stereocenters. The van der Waals surface area contributed by atoms with E-state index in [4.69, 9.17) is 0 Å². The van der Waals surface area contributed by atoms with Gasteiger partial charge in [-0.3, -0.25) is 0 Å². The molecule has 2 rings (SSSR count). The van der Waals surface area contributed by atoms with Crippen molar-refractivity contribution in [1.29, 1.82) is 0 Å². The Bertz CT molecular complexity index is 351. The Kier molecular flexibility index (Phi) is 4.21. The summed E-state index contributed by atoms with van der Waals surface area (Å²) in [6, 6.07) is 0. The van der Waals surface area contributed by atoms with Gasteiger partial charge >= 0.3 is 0 Å². The number of aliphatic hydroxyl groups is 1. The van der Waals surface area contributed by atoms with E-state index in [1.165, 1.54) is 30.7 Å². The predicted octanol–water partition coefficient (Wildman–Crippen LogP) is 4.13. The van der Waals surface area contributed by atoms with E-state index < -0.39 is 6.10 Å². The monoisotopic (exact) mass is 253 g/mol. The zero-order valence-corrected chi connectivity index (χ0v) is 11.8. The number of nitrogens with zero attached hydrogens (tertiary/aromatic N) is 1. The number of thiazole rings is 1. The van der Waals surface area contributed by atoms with Gasteiger partial charge in [0.15, 0.2) is 0 Å². The van der Waals surface area contributed by atoms with Crippen LogP contribution in [0.1, 0.15) is 69.2 Å². The molecular formula is C14H23NOS. The Hall–Kier alpha value is -0.410. The molecule has 0 spiro atoms. The van der Waals surface area contributed by atoms with Gasteiger partial charge in [0.25, 0.3) is 0 Å². The molecule has 0 aliphatic heterocycles. The molecule has 1 heterocycles. The third kappa shape index (κ3) is 3.08. The van der Waals surface area contributed by atoms with Crippen molar-refractivity contribution in [3.8, 4) is 0 Å². The van der Waals surface area contributed by atoms with E-state index in [0.29, 0.717) is 5.92 Å². The lowest BCUT2D eigenvalue weighted by atomic mass is 9.77. The Labute approximate surface area is 108 Å². The fourth-order valence-electron chi connectivity index (χ4n) is 2.71. The van der Waals surface area contributed by atoms with Gasteiger partial charge in [-0.2, -0.15) is 0 Å². The second-order valence-electron chi connectivity index (χ2n) is 5.64. The highest BCUT2D eigenvalue weighted by molar-refractivity contribution is 7.09. The molecule has 17 heavy (non-hydrogen) atoms. The minimum atomic E-state index is -0.424. The maximum Gasteiger partial charge on any atom is 0.0960 e. The van der Waals surface area contributed by atoms with Crippen molar-refractivity contribution in [3.63, 3.8) is 0 Å². The van der Waals surface area contributed by atoms with Crippen LogP contribution in [0, 0.1) is 11.8 Å². The molecule has 1 aliphatic carbocycles. The lowest BCUT2D eigenvalue weighted by molar-refractivity contribution is 0.194. The highest BCUT2D eigenvalue weighted by Gasteiger charge is 2.26. The maximum atomic E-state index is 9.49. The normalized spacial score (nSPS) is 27.4. The highest BCUT2D eigenvalue weighted by atomic mass is 32.1. The second-order valence-corrected chi connectivity index (χ2v) is 6.53. The van der Waals surface area contributed by atoms with Crippen LogP contribution in [0.15, 0.2) is 5.38 Å². The summed E-state index contributed by atoms with van der Waals surface area (Å²) in [6.45, 7) is 6.45. The molecule has 1 atom stereocenters. The summed E-state index contributed by atoms with van der Waals surface area (Å²) in [4.78, 5) is 4.57. The van der Waals surface area contributed by atoms with Crippen LogP contribution in [0.5, 0.6) is 0 Å². The van der Waals surface area contributed by atoms with Crippen molar-refractivity contribution >= 4 is 11.3 Å². The quantitative estimate of drug-likeness (QED) is 0.878. The summed E-state index contributed by atoms with van der Waals surface area (Å²) in [5.41, 5.74) is 0.844. The van der Waals surface area contributed by atoms with Gasteiger partial charge in [-0.25, -0.2) is 4.98 Å². The third-order valence-electron chi connectivity index (χ3n) is 4.03. The van der Waals surface area contributed by atoms with Gasteiger partial charge in [-0.15, -0.1) is 11.3 Å². The lowest BCUT2D eigenvalue weighted by Crippen LogP contribution is -2.17. The largest absolute Gasteiger partial charge is 0.387 e. The third-order valence-corrected chi connectivity index (χ3v) is 5.06. The fourth-order valence-corrected chi connectivity index (χ4v) is 3.79. The van der Waals surface area contributed by atoms with Crippen LogP contribution >= 0.6 is 11.3 Å². The molecule has 1 saturated carbocycles. The summed E-state index contributed by atoms with van der Waals surface area (Å²) in [5, 5.41) is 12.7. The van der Waals surface area contributed by atoms with Gasteiger partial charge in [-0.05, 0) is 44.4 Å². The van der Waals surface area contributed by atoms with Crippen molar-refractivity contribution in [1.82, 2.24) is 4.98 Å². The molecule has 1 aromatic rings. The Morgan fingerprint density at radius 3 is 2.35 bits per heavy atom. The summed E-state index contributed by atoms with van der Waals surface area (Å²) < 4.78 is 0. The van der Waals surface area contributed by atoms with Crippen LogP contribution in [0.2, 0.25) is 0 Å². The molecule has 3 heteroatoms. The van der Waals surface area contributed by atoms with Crippen molar-refractivity contribution in [2.24, 2.45) is 11.8 Å². The molecular weight excluding hydrogens is 230 g/mol. The van der Waals surface area contributed by atoms with Crippen molar-refractivity contribution in [2.45, 2.75) is 58.5 Å². The van der Waals surface area contributed by atoms with E-state index in [0.717, 1.165) is 17.5 Å². The minimum Gasteiger partial charge on any atom is -0.387 e. The first-order valence-electron chi connectivity index (χ1n) is 6.71. The molecule has 0 saturated heterocycles. The molecule has 96 valence electrons. The van der Waals surface area contributed by atoms with Crippen LogP contribution in [0.25, 0.3) is 0 Å². The van der Waals surface area contributed by atoms with E-state index >= 15 is 0 Å². The van der Waals surface area contributed by atoms with E-state index in [-0.39, 0.29) is 0 Å². The van der Waals surface area contributed by atoms with Gasteiger partial charge in [0.2, 0.25) is 0 Å². The van der Waals surface area contributed by atoms with Gasteiger partial charge in [0.1, 0.15) is 0 Å². The molecule has 1 aromatic heterocycles. The lowest BCUT2D eigenvalue weighted by Gasteiger charge is -2.29. The number of aromatic nitrogens is 1. The maximum absolute atomic E-state index is 9.49. The Balaban J connectivity index is 1.96. The Morgan fingerprint density at radius 2 is 1.88 bits per heavy atom. The standard InChI is InChI=1S/C14H23NOS/c1-9(2)11-4-6-12(7-5-11)14-15-13(8-17-14)10(3)16/h8-12,16H,4-7H2,1-3H3.